The van der Waals surface area contributed by atoms with Crippen molar-refractivity contribution in [3.05, 3.63) is 234 Å². The second-order valence-corrected chi connectivity index (χ2v) is 19.2. The van der Waals surface area contributed by atoms with Crippen LogP contribution in [0.25, 0.3) is 87.7 Å². The highest BCUT2D eigenvalue weighted by Gasteiger charge is 2.29. The maximum Gasteiger partial charge on any atom is 0.143 e. The molecule has 2 aromatic heterocycles. The number of furan rings is 2. The van der Waals surface area contributed by atoms with Crippen molar-refractivity contribution in [3.8, 4) is 22.3 Å². The fraction of sp³-hybridized carbons (Fsp3) is 0.0909. The molecule has 4 heteroatoms. The number of allylic oxidation sites excluding steroid dienone is 4. The molecule has 15 rings (SSSR count). The van der Waals surface area contributed by atoms with Gasteiger partial charge in [0.2, 0.25) is 0 Å². The second kappa shape index (κ2) is 15.5. The van der Waals surface area contributed by atoms with Crippen LogP contribution in [-0.2, 0) is 19.3 Å². The van der Waals surface area contributed by atoms with Crippen LogP contribution in [0.15, 0.2) is 226 Å². The van der Waals surface area contributed by atoms with Gasteiger partial charge in [0.1, 0.15) is 22.3 Å². The molecule has 0 saturated heterocycles. The molecule has 0 N–H and O–H groups in total. The average Bonchev–Trinajstić information content (AvgIpc) is 3.88. The van der Waals surface area contributed by atoms with Gasteiger partial charge >= 0.3 is 0 Å². The Labute approximate surface area is 405 Å². The zero-order valence-corrected chi connectivity index (χ0v) is 38.6. The highest BCUT2D eigenvalue weighted by atomic mass is 16.3. The molecule has 10 aromatic carbocycles. The van der Waals surface area contributed by atoms with Gasteiger partial charge in [-0.1, -0.05) is 152 Å². The summed E-state index contributed by atoms with van der Waals surface area (Å²) in [6, 6.07) is 71.6. The van der Waals surface area contributed by atoms with E-state index >= 15 is 0 Å². The number of hydrogen-bond donors (Lipinski definition) is 0. The first kappa shape index (κ1) is 39.4. The van der Waals surface area contributed by atoms with Crippen LogP contribution in [0.1, 0.15) is 36.0 Å². The molecule has 0 spiro atoms. The molecule has 1 aliphatic carbocycles. The summed E-state index contributed by atoms with van der Waals surface area (Å²) < 4.78 is 14.0. The average molecular weight is 899 g/mol. The number of hydrogen-bond acceptors (Lipinski definition) is 4. The number of aryl methyl sites for hydroxylation is 3. The maximum absolute atomic E-state index is 6.98. The van der Waals surface area contributed by atoms with Gasteiger partial charge in [-0.15, -0.1) is 0 Å². The molecule has 3 aliphatic rings. The molecule has 4 nitrogen and oxygen atoms in total. The number of anilines is 5. The lowest BCUT2D eigenvalue weighted by Gasteiger charge is -2.31. The van der Waals surface area contributed by atoms with E-state index in [2.05, 4.69) is 216 Å². The van der Waals surface area contributed by atoms with Gasteiger partial charge in [-0.2, -0.15) is 0 Å². The highest BCUT2D eigenvalue weighted by Crippen LogP contribution is 2.52. The van der Waals surface area contributed by atoms with Crippen LogP contribution >= 0.6 is 0 Å². The summed E-state index contributed by atoms with van der Waals surface area (Å²) in [6.45, 7) is 0. The third-order valence-corrected chi connectivity index (χ3v) is 15.5. The largest absolute Gasteiger partial charge is 0.455 e. The van der Waals surface area contributed by atoms with Crippen molar-refractivity contribution in [1.82, 2.24) is 0 Å². The van der Waals surface area contributed by atoms with Crippen molar-refractivity contribution < 1.29 is 8.83 Å². The Morgan fingerprint density at radius 3 is 1.36 bits per heavy atom. The van der Waals surface area contributed by atoms with Crippen LogP contribution in [-0.4, -0.2) is 0 Å². The Kier molecular flexibility index (Phi) is 8.70. The Balaban J connectivity index is 1.11. The van der Waals surface area contributed by atoms with E-state index in [1.807, 2.05) is 0 Å². The predicted molar refractivity (Wildman–Crippen MR) is 291 cm³/mol. The summed E-state index contributed by atoms with van der Waals surface area (Å²) in [4.78, 5) is 5.07. The smallest absolute Gasteiger partial charge is 0.143 e. The van der Waals surface area contributed by atoms with Crippen LogP contribution < -0.4 is 9.80 Å². The van der Waals surface area contributed by atoms with E-state index in [1.165, 1.54) is 45.0 Å². The lowest BCUT2D eigenvalue weighted by atomic mass is 9.84. The van der Waals surface area contributed by atoms with Crippen LogP contribution in [0.4, 0.5) is 28.4 Å². The van der Waals surface area contributed by atoms with Crippen molar-refractivity contribution in [2.24, 2.45) is 0 Å². The number of nitrogens with zero attached hydrogens (tertiary/aromatic N) is 2. The van der Waals surface area contributed by atoms with Gasteiger partial charge in [-0.3, -0.25) is 0 Å². The van der Waals surface area contributed by atoms with E-state index in [9.17, 15) is 0 Å². The van der Waals surface area contributed by atoms with Crippen LogP contribution in [0.3, 0.4) is 0 Å². The molecule has 12 aromatic rings. The third-order valence-electron chi connectivity index (χ3n) is 15.5. The number of benzene rings is 10. The van der Waals surface area contributed by atoms with Gasteiger partial charge < -0.3 is 18.6 Å². The third kappa shape index (κ3) is 5.89. The van der Waals surface area contributed by atoms with Crippen molar-refractivity contribution in [2.45, 2.75) is 38.5 Å². The van der Waals surface area contributed by atoms with Crippen molar-refractivity contribution in [1.29, 1.82) is 0 Å². The zero-order chi connectivity index (χ0) is 45.9. The first-order valence-corrected chi connectivity index (χ1v) is 24.8. The molecule has 0 atom stereocenters. The lowest BCUT2D eigenvalue weighted by molar-refractivity contribution is 0.669. The quantitative estimate of drug-likeness (QED) is 0.165. The van der Waals surface area contributed by atoms with E-state index in [4.69, 9.17) is 8.83 Å². The minimum absolute atomic E-state index is 0.887. The van der Waals surface area contributed by atoms with Gasteiger partial charge in [-0.25, -0.2) is 0 Å². The van der Waals surface area contributed by atoms with Gasteiger partial charge in [0.15, 0.2) is 0 Å². The number of para-hydroxylation sites is 7. The van der Waals surface area contributed by atoms with Crippen LogP contribution in [0, 0.1) is 0 Å². The van der Waals surface area contributed by atoms with Gasteiger partial charge in [-0.05, 0) is 137 Å². The molecule has 0 saturated carbocycles. The molecule has 0 unspecified atom stereocenters. The molecule has 70 heavy (non-hydrogen) atoms. The molecule has 332 valence electrons. The molecular formula is C66H46N2O2. The SMILES string of the molecule is C1=CC2=C(CC1)N(c1ccc3c(-c4cccc5c4oc4ccccc45)c4cc(N5c6ccccc6CCc6ccccc65)ccc4c(-c4cccc5c4oc4ccccc45)c3c1)c1ccccc1CC2. The monoisotopic (exact) mass is 898 g/mol. The van der Waals surface area contributed by atoms with Gasteiger partial charge in [0.25, 0.3) is 0 Å². The highest BCUT2D eigenvalue weighted by molar-refractivity contribution is 6.27. The summed E-state index contributed by atoms with van der Waals surface area (Å²) in [7, 11) is 0. The standard InChI is InChI=1S/C66H46N2O2/c1-7-25-57-41(15-1)31-32-42-16-2-8-26-58(42)67(57)45-35-37-49-55(39-45)63(53-23-13-21-51-47-19-5-11-29-61(47)69-65(51)53)50-38-36-46(68-59-27-9-3-17-43(59)33-34-44-18-4-10-28-60(44)68)40-56(50)64(49)54-24-14-22-52-48-20-6-12-30-62(48)70-66(52)54/h1-9,11-27,29-30,35-40H,10,28,31-34H2. The topological polar surface area (TPSA) is 32.8 Å². The Morgan fingerprint density at radius 1 is 0.343 bits per heavy atom. The van der Waals surface area contributed by atoms with Crippen molar-refractivity contribution >= 4 is 93.9 Å². The minimum Gasteiger partial charge on any atom is -0.455 e. The molecule has 2 aliphatic heterocycles. The van der Waals surface area contributed by atoms with Crippen molar-refractivity contribution in [2.75, 3.05) is 9.80 Å². The minimum atomic E-state index is 0.887. The lowest BCUT2D eigenvalue weighted by Crippen LogP contribution is -2.19. The maximum atomic E-state index is 6.98. The molecule has 4 heterocycles. The van der Waals surface area contributed by atoms with E-state index < -0.39 is 0 Å². The molecule has 0 radical (unpaired) electrons. The Hall–Kier alpha value is -8.60. The summed E-state index contributed by atoms with van der Waals surface area (Å²) in [5, 5.41) is 9.08. The molecular weight excluding hydrogens is 853 g/mol. The predicted octanol–water partition coefficient (Wildman–Crippen LogP) is 18.4. The van der Waals surface area contributed by atoms with Gasteiger partial charge in [0.05, 0.1) is 0 Å². The first-order chi connectivity index (χ1) is 34.7. The summed E-state index contributed by atoms with van der Waals surface area (Å²) in [5.74, 6) is 0. The normalized spacial score (nSPS) is 14.6. The summed E-state index contributed by atoms with van der Waals surface area (Å²) in [5.41, 5.74) is 20.9. The van der Waals surface area contributed by atoms with Crippen LogP contribution in [0.5, 0.6) is 0 Å². The fourth-order valence-electron chi connectivity index (χ4n) is 12.3. The van der Waals surface area contributed by atoms with Crippen LogP contribution in [0.2, 0.25) is 0 Å². The fourth-order valence-corrected chi connectivity index (χ4v) is 12.3. The molecule has 0 fully saturated rings. The van der Waals surface area contributed by atoms with E-state index in [0.717, 1.165) is 138 Å². The first-order valence-electron chi connectivity index (χ1n) is 24.8. The van der Waals surface area contributed by atoms with E-state index in [0.29, 0.717) is 0 Å². The zero-order valence-electron chi connectivity index (χ0n) is 38.6. The van der Waals surface area contributed by atoms with E-state index in [-0.39, 0.29) is 0 Å². The Morgan fingerprint density at radius 2 is 0.800 bits per heavy atom. The molecule has 0 bridgehead atoms. The van der Waals surface area contributed by atoms with E-state index in [1.54, 1.807) is 0 Å². The Bertz CT molecular complexity index is 4170. The van der Waals surface area contributed by atoms with Gasteiger partial charge in [0, 0.05) is 77.9 Å². The summed E-state index contributed by atoms with van der Waals surface area (Å²) >= 11 is 0. The second-order valence-electron chi connectivity index (χ2n) is 19.2. The molecule has 0 amide bonds. The summed E-state index contributed by atoms with van der Waals surface area (Å²) in [6.07, 6.45) is 10.7. The van der Waals surface area contributed by atoms with Crippen molar-refractivity contribution in [3.63, 3.8) is 0 Å². The number of rotatable bonds is 4. The number of fused-ring (bicyclic) bond motifs is 11.